The molecular formula is C23H15F2N3O2S. The summed E-state index contributed by atoms with van der Waals surface area (Å²) in [6, 6.07) is 19.3. The molecule has 31 heavy (non-hydrogen) atoms. The Hall–Kier alpha value is -3.91. The van der Waals surface area contributed by atoms with Crippen molar-refractivity contribution in [3.8, 4) is 17.0 Å². The van der Waals surface area contributed by atoms with Crippen molar-refractivity contribution in [3.05, 3.63) is 101 Å². The quantitative estimate of drug-likeness (QED) is 0.181. The number of aromatic nitrogens is 1. The van der Waals surface area contributed by atoms with E-state index in [0.717, 1.165) is 29.0 Å². The highest BCUT2D eigenvalue weighted by Gasteiger charge is 2.19. The fourth-order valence-corrected chi connectivity index (χ4v) is 3.37. The number of hydrazone groups is 1. The third-order valence-electron chi connectivity index (χ3n) is 4.21. The number of esters is 1. The number of hydrogen-bond acceptors (Lipinski definition) is 6. The van der Waals surface area contributed by atoms with Crippen molar-refractivity contribution in [1.29, 1.82) is 0 Å². The largest absolute Gasteiger partial charge is 0.423 e. The number of thiazole rings is 1. The number of anilines is 1. The Labute approximate surface area is 180 Å². The van der Waals surface area contributed by atoms with Crippen molar-refractivity contribution in [3.63, 3.8) is 0 Å². The van der Waals surface area contributed by atoms with E-state index in [0.29, 0.717) is 5.13 Å². The fraction of sp³-hybridized carbons (Fsp3) is 0. The van der Waals surface area contributed by atoms with Gasteiger partial charge in [0.1, 0.15) is 22.9 Å². The molecule has 5 nitrogen and oxygen atoms in total. The molecule has 0 bridgehead atoms. The van der Waals surface area contributed by atoms with Gasteiger partial charge in [-0.25, -0.2) is 18.6 Å². The van der Waals surface area contributed by atoms with Gasteiger partial charge in [-0.15, -0.1) is 11.3 Å². The summed E-state index contributed by atoms with van der Waals surface area (Å²) in [5, 5.41) is 6.73. The van der Waals surface area contributed by atoms with E-state index < -0.39 is 23.2 Å². The number of carbonyl (C=O) groups excluding carboxylic acids is 1. The van der Waals surface area contributed by atoms with E-state index in [-0.39, 0.29) is 5.75 Å². The number of halogens is 2. The summed E-state index contributed by atoms with van der Waals surface area (Å²) in [7, 11) is 0. The Morgan fingerprint density at radius 3 is 2.39 bits per heavy atom. The van der Waals surface area contributed by atoms with E-state index in [9.17, 15) is 13.6 Å². The van der Waals surface area contributed by atoms with Crippen molar-refractivity contribution in [2.45, 2.75) is 0 Å². The average molecular weight is 435 g/mol. The minimum atomic E-state index is -1.10. The molecule has 0 saturated heterocycles. The Balaban J connectivity index is 1.36. The van der Waals surface area contributed by atoms with Crippen LogP contribution in [0.15, 0.2) is 83.3 Å². The molecule has 0 aliphatic heterocycles. The zero-order chi connectivity index (χ0) is 21.6. The van der Waals surface area contributed by atoms with Crippen molar-refractivity contribution in [2.75, 3.05) is 5.43 Å². The molecular weight excluding hydrogens is 420 g/mol. The molecule has 1 aromatic heterocycles. The maximum atomic E-state index is 13.7. The highest BCUT2D eigenvalue weighted by molar-refractivity contribution is 7.14. The number of hydrogen-bond donors (Lipinski definition) is 1. The first-order valence-corrected chi connectivity index (χ1v) is 10.0. The molecule has 0 aliphatic carbocycles. The zero-order valence-corrected chi connectivity index (χ0v) is 16.8. The third kappa shape index (κ3) is 4.99. The molecule has 1 N–H and O–H groups in total. The van der Waals surface area contributed by atoms with Crippen LogP contribution in [0.25, 0.3) is 11.3 Å². The smallest absolute Gasteiger partial charge is 0.349 e. The highest BCUT2D eigenvalue weighted by Crippen LogP contribution is 2.24. The molecule has 0 aliphatic rings. The van der Waals surface area contributed by atoms with Gasteiger partial charge in [-0.2, -0.15) is 5.10 Å². The number of rotatable bonds is 6. The second-order valence-electron chi connectivity index (χ2n) is 6.33. The molecule has 0 amide bonds. The summed E-state index contributed by atoms with van der Waals surface area (Å²) in [6.45, 7) is 0. The molecule has 0 saturated carbocycles. The van der Waals surface area contributed by atoms with Crippen LogP contribution in [0.5, 0.6) is 5.75 Å². The monoisotopic (exact) mass is 435 g/mol. The first-order chi connectivity index (χ1) is 15.1. The van der Waals surface area contributed by atoms with Gasteiger partial charge < -0.3 is 4.74 Å². The summed E-state index contributed by atoms with van der Waals surface area (Å²) >= 11 is 1.43. The van der Waals surface area contributed by atoms with Crippen LogP contribution in [0.1, 0.15) is 15.9 Å². The summed E-state index contributed by atoms with van der Waals surface area (Å²) < 4.78 is 32.4. The van der Waals surface area contributed by atoms with Crippen LogP contribution in [0.4, 0.5) is 13.9 Å². The average Bonchev–Trinajstić information content (AvgIpc) is 3.24. The Kier molecular flexibility index (Phi) is 6.09. The number of nitrogens with one attached hydrogen (secondary N) is 1. The van der Waals surface area contributed by atoms with Gasteiger partial charge in [-0.3, -0.25) is 5.43 Å². The lowest BCUT2D eigenvalue weighted by Gasteiger charge is -2.06. The number of benzene rings is 3. The second-order valence-corrected chi connectivity index (χ2v) is 7.19. The maximum Gasteiger partial charge on any atom is 0.349 e. The van der Waals surface area contributed by atoms with Crippen LogP contribution in [0.3, 0.4) is 0 Å². The molecule has 0 spiro atoms. The molecule has 4 aromatic rings. The van der Waals surface area contributed by atoms with Crippen molar-refractivity contribution in [1.82, 2.24) is 4.98 Å². The third-order valence-corrected chi connectivity index (χ3v) is 4.95. The van der Waals surface area contributed by atoms with Crippen molar-refractivity contribution < 1.29 is 18.3 Å². The predicted octanol–water partition coefficient (Wildman–Crippen LogP) is 5.75. The molecule has 1 heterocycles. The van der Waals surface area contributed by atoms with E-state index in [4.69, 9.17) is 4.74 Å². The van der Waals surface area contributed by atoms with Crippen LogP contribution < -0.4 is 10.2 Å². The lowest BCUT2D eigenvalue weighted by molar-refractivity contribution is 0.0724. The molecule has 8 heteroatoms. The highest BCUT2D eigenvalue weighted by atomic mass is 32.1. The minimum Gasteiger partial charge on any atom is -0.423 e. The first kappa shape index (κ1) is 20.4. The topological polar surface area (TPSA) is 63.6 Å². The van der Waals surface area contributed by atoms with Gasteiger partial charge >= 0.3 is 5.97 Å². The van der Waals surface area contributed by atoms with Gasteiger partial charge in [-0.1, -0.05) is 36.4 Å². The Morgan fingerprint density at radius 1 is 0.968 bits per heavy atom. The summed E-state index contributed by atoms with van der Waals surface area (Å²) in [5.41, 5.74) is 4.76. The molecule has 4 rings (SSSR count). The van der Waals surface area contributed by atoms with Crippen LogP contribution in [0, 0.1) is 11.6 Å². The molecule has 0 atom stereocenters. The van der Waals surface area contributed by atoms with Crippen molar-refractivity contribution in [2.24, 2.45) is 5.10 Å². The zero-order valence-electron chi connectivity index (χ0n) is 16.0. The van der Waals surface area contributed by atoms with E-state index in [1.807, 2.05) is 35.7 Å². The SMILES string of the molecule is O=C(Oc1ccc(/C=N\Nc2nc(-c3ccccc3)cs2)cc1)c1c(F)cccc1F. The Morgan fingerprint density at radius 2 is 1.68 bits per heavy atom. The van der Waals surface area contributed by atoms with Crippen LogP contribution in [-0.2, 0) is 0 Å². The second kappa shape index (κ2) is 9.27. The van der Waals surface area contributed by atoms with E-state index in [2.05, 4.69) is 15.5 Å². The summed E-state index contributed by atoms with van der Waals surface area (Å²) in [6.07, 6.45) is 1.58. The van der Waals surface area contributed by atoms with Gasteiger partial charge in [0.25, 0.3) is 0 Å². The van der Waals surface area contributed by atoms with Gasteiger partial charge in [0.15, 0.2) is 0 Å². The fourth-order valence-electron chi connectivity index (χ4n) is 2.70. The lowest BCUT2D eigenvalue weighted by atomic mass is 10.2. The van der Waals surface area contributed by atoms with Gasteiger partial charge in [0, 0.05) is 10.9 Å². The van der Waals surface area contributed by atoms with Crippen molar-refractivity contribution >= 4 is 28.7 Å². The van der Waals surface area contributed by atoms with Crippen LogP contribution in [-0.4, -0.2) is 17.2 Å². The summed E-state index contributed by atoms with van der Waals surface area (Å²) in [5.74, 6) is -2.89. The van der Waals surface area contributed by atoms with E-state index in [1.165, 1.54) is 29.5 Å². The molecule has 154 valence electrons. The number of ether oxygens (including phenoxy) is 1. The molecule has 3 aromatic carbocycles. The first-order valence-electron chi connectivity index (χ1n) is 9.16. The van der Waals surface area contributed by atoms with Gasteiger partial charge in [0.2, 0.25) is 5.13 Å². The lowest BCUT2D eigenvalue weighted by Crippen LogP contribution is -2.13. The van der Waals surface area contributed by atoms with Gasteiger partial charge in [0.05, 0.1) is 11.9 Å². The molecule has 0 unspecified atom stereocenters. The number of nitrogens with zero attached hydrogens (tertiary/aromatic N) is 2. The van der Waals surface area contributed by atoms with Crippen LogP contribution in [0.2, 0.25) is 0 Å². The van der Waals surface area contributed by atoms with E-state index >= 15 is 0 Å². The summed E-state index contributed by atoms with van der Waals surface area (Å²) in [4.78, 5) is 16.5. The van der Waals surface area contributed by atoms with Gasteiger partial charge in [-0.05, 0) is 42.0 Å². The van der Waals surface area contributed by atoms with E-state index in [1.54, 1.807) is 18.3 Å². The Bertz CT molecular complexity index is 1210. The van der Waals surface area contributed by atoms with Crippen LogP contribution >= 0.6 is 11.3 Å². The molecule has 0 radical (unpaired) electrons. The maximum absolute atomic E-state index is 13.7. The molecule has 0 fully saturated rings. The normalized spacial score (nSPS) is 10.9. The number of carbonyl (C=O) groups is 1. The standard InChI is InChI=1S/C23H15F2N3O2S/c24-18-7-4-8-19(25)21(18)22(29)30-17-11-9-15(10-12-17)13-26-28-23-27-20(14-31-23)16-5-2-1-3-6-16/h1-14H,(H,27,28)/b26-13-. The predicted molar refractivity (Wildman–Crippen MR) is 117 cm³/mol. The minimum absolute atomic E-state index is 0.158.